The zero-order valence-electron chi connectivity index (χ0n) is 18.7. The Hall–Kier alpha value is -4.05. The van der Waals surface area contributed by atoms with E-state index in [9.17, 15) is 28.1 Å². The Kier molecular flexibility index (Phi) is 8.69. The third kappa shape index (κ3) is 7.75. The summed E-state index contributed by atoms with van der Waals surface area (Å²) in [6, 6.07) is 22.4. The minimum absolute atomic E-state index is 0.0531. The molecule has 0 fully saturated rings. The highest BCUT2D eigenvalue weighted by Crippen LogP contribution is 2.21. The number of non-ortho nitro benzene ring substituents is 1. The molecule has 1 atom stereocenters. The number of benzene rings is 3. The van der Waals surface area contributed by atoms with E-state index in [1.165, 1.54) is 0 Å². The molecule has 35 heavy (non-hydrogen) atoms. The van der Waals surface area contributed by atoms with Gasteiger partial charge in [-0.2, -0.15) is 0 Å². The summed E-state index contributed by atoms with van der Waals surface area (Å²) in [5, 5.41) is 13.3. The van der Waals surface area contributed by atoms with Gasteiger partial charge in [0.1, 0.15) is 13.2 Å². The van der Waals surface area contributed by atoms with Gasteiger partial charge >= 0.3 is 5.97 Å². The van der Waals surface area contributed by atoms with Crippen molar-refractivity contribution < 1.29 is 27.7 Å². The number of nitro groups is 1. The van der Waals surface area contributed by atoms with Crippen LogP contribution in [0.1, 0.15) is 11.1 Å². The maximum Gasteiger partial charge on any atom is 0.325 e. The van der Waals surface area contributed by atoms with Crippen molar-refractivity contribution in [3.8, 4) is 0 Å². The minimum Gasteiger partial charge on any atom is -0.460 e. The third-order valence-corrected chi connectivity index (χ3v) is 7.00. The number of amides is 1. The number of sulfone groups is 1. The molecule has 0 aromatic heterocycles. The van der Waals surface area contributed by atoms with E-state index in [1.807, 2.05) is 18.2 Å². The number of carbonyl (C=O) groups is 2. The highest BCUT2D eigenvalue weighted by molar-refractivity contribution is 7.91. The SMILES string of the molecule is O=C(CNC(=O)C(Cc1ccccc1)CS(=O)(=O)c1ccc([N+](=O)[O-])cc1)OCc1ccccc1. The minimum atomic E-state index is -3.95. The van der Waals surface area contributed by atoms with E-state index in [1.54, 1.807) is 42.5 Å². The van der Waals surface area contributed by atoms with Crippen molar-refractivity contribution >= 4 is 27.4 Å². The Morgan fingerprint density at radius 3 is 2.03 bits per heavy atom. The second kappa shape index (κ2) is 11.9. The molecule has 0 radical (unpaired) electrons. The molecule has 1 N–H and O–H groups in total. The molecule has 0 bridgehead atoms. The van der Waals surface area contributed by atoms with Crippen LogP contribution in [0.3, 0.4) is 0 Å². The van der Waals surface area contributed by atoms with Crippen LogP contribution in [0.15, 0.2) is 89.8 Å². The maximum atomic E-state index is 13.0. The highest BCUT2D eigenvalue weighted by Gasteiger charge is 2.28. The fourth-order valence-corrected chi connectivity index (χ4v) is 4.90. The van der Waals surface area contributed by atoms with E-state index < -0.39 is 44.9 Å². The summed E-state index contributed by atoms with van der Waals surface area (Å²) < 4.78 is 31.1. The summed E-state index contributed by atoms with van der Waals surface area (Å²) >= 11 is 0. The first-order chi connectivity index (χ1) is 16.7. The monoisotopic (exact) mass is 496 g/mol. The average Bonchev–Trinajstić information content (AvgIpc) is 2.86. The molecule has 0 spiro atoms. The van der Waals surface area contributed by atoms with Crippen LogP contribution in [0, 0.1) is 16.0 Å². The van der Waals surface area contributed by atoms with Crippen LogP contribution in [-0.4, -0.2) is 37.5 Å². The summed E-state index contributed by atoms with van der Waals surface area (Å²) in [5.41, 5.74) is 1.30. The number of ether oxygens (including phenoxy) is 1. The van der Waals surface area contributed by atoms with Gasteiger partial charge in [0.05, 0.1) is 21.5 Å². The molecule has 0 aliphatic heterocycles. The van der Waals surface area contributed by atoms with Gasteiger partial charge in [-0.1, -0.05) is 60.7 Å². The quantitative estimate of drug-likeness (QED) is 0.245. The average molecular weight is 497 g/mol. The molecular formula is C25H24N2O7S. The highest BCUT2D eigenvalue weighted by atomic mass is 32.2. The lowest BCUT2D eigenvalue weighted by atomic mass is 10.0. The normalized spacial score (nSPS) is 11.9. The second-order valence-electron chi connectivity index (χ2n) is 7.78. The van der Waals surface area contributed by atoms with Crippen molar-refractivity contribution in [2.24, 2.45) is 5.92 Å². The summed E-state index contributed by atoms with van der Waals surface area (Å²) in [4.78, 5) is 35.1. The van der Waals surface area contributed by atoms with E-state index in [4.69, 9.17) is 4.74 Å². The molecular weight excluding hydrogens is 472 g/mol. The lowest BCUT2D eigenvalue weighted by Gasteiger charge is -2.17. The predicted octanol–water partition coefficient (Wildman–Crippen LogP) is 3.09. The molecule has 10 heteroatoms. The number of nitrogens with zero attached hydrogens (tertiary/aromatic N) is 1. The van der Waals surface area contributed by atoms with Crippen molar-refractivity contribution in [2.45, 2.75) is 17.9 Å². The molecule has 3 aromatic carbocycles. The van der Waals surface area contributed by atoms with Crippen LogP contribution < -0.4 is 5.32 Å². The van der Waals surface area contributed by atoms with Gasteiger partial charge in [0.2, 0.25) is 5.91 Å². The first-order valence-corrected chi connectivity index (χ1v) is 12.4. The number of esters is 1. The Morgan fingerprint density at radius 2 is 1.46 bits per heavy atom. The van der Waals surface area contributed by atoms with Crippen LogP contribution in [0.5, 0.6) is 0 Å². The van der Waals surface area contributed by atoms with Crippen LogP contribution in [-0.2, 0) is 37.2 Å². The van der Waals surface area contributed by atoms with Gasteiger partial charge in [0.15, 0.2) is 9.84 Å². The van der Waals surface area contributed by atoms with Crippen LogP contribution >= 0.6 is 0 Å². The Labute approximate surface area is 202 Å². The van der Waals surface area contributed by atoms with E-state index in [2.05, 4.69) is 5.32 Å². The van der Waals surface area contributed by atoms with Crippen molar-refractivity contribution in [3.63, 3.8) is 0 Å². The van der Waals surface area contributed by atoms with Crippen LogP contribution in [0.2, 0.25) is 0 Å². The van der Waals surface area contributed by atoms with E-state index >= 15 is 0 Å². The predicted molar refractivity (Wildman–Crippen MR) is 128 cm³/mol. The van der Waals surface area contributed by atoms with Crippen LogP contribution in [0.25, 0.3) is 0 Å². The Balaban J connectivity index is 1.68. The molecule has 182 valence electrons. The lowest BCUT2D eigenvalue weighted by Crippen LogP contribution is -2.39. The number of carbonyl (C=O) groups excluding carboxylic acids is 2. The van der Waals surface area contributed by atoms with Gasteiger partial charge in [-0.05, 0) is 29.7 Å². The fraction of sp³-hybridized carbons (Fsp3) is 0.200. The summed E-state index contributed by atoms with van der Waals surface area (Å²) in [6.45, 7) is -0.355. The molecule has 9 nitrogen and oxygen atoms in total. The number of nitro benzene ring substituents is 1. The molecule has 0 aliphatic rings. The molecule has 0 aliphatic carbocycles. The zero-order valence-corrected chi connectivity index (χ0v) is 19.5. The maximum absolute atomic E-state index is 13.0. The number of hydrogen-bond donors (Lipinski definition) is 1. The molecule has 1 amide bonds. The van der Waals surface area contributed by atoms with Crippen molar-refractivity contribution in [3.05, 3.63) is 106 Å². The molecule has 0 heterocycles. The Morgan fingerprint density at radius 1 is 0.886 bits per heavy atom. The number of hydrogen-bond acceptors (Lipinski definition) is 7. The smallest absolute Gasteiger partial charge is 0.325 e. The van der Waals surface area contributed by atoms with Gasteiger partial charge < -0.3 is 10.1 Å². The van der Waals surface area contributed by atoms with E-state index in [0.717, 1.165) is 35.4 Å². The molecule has 3 aromatic rings. The van der Waals surface area contributed by atoms with Gasteiger partial charge in [0, 0.05) is 12.1 Å². The van der Waals surface area contributed by atoms with Gasteiger partial charge in [-0.15, -0.1) is 0 Å². The second-order valence-corrected chi connectivity index (χ2v) is 9.82. The number of nitrogens with one attached hydrogen (secondary N) is 1. The first-order valence-electron chi connectivity index (χ1n) is 10.7. The topological polar surface area (TPSA) is 133 Å². The lowest BCUT2D eigenvalue weighted by molar-refractivity contribution is -0.384. The Bertz CT molecular complexity index is 1260. The summed E-state index contributed by atoms with van der Waals surface area (Å²) in [7, 11) is -3.95. The summed E-state index contributed by atoms with van der Waals surface area (Å²) in [5.74, 6) is -2.81. The van der Waals surface area contributed by atoms with Crippen LogP contribution in [0.4, 0.5) is 5.69 Å². The van der Waals surface area contributed by atoms with Crippen molar-refractivity contribution in [1.29, 1.82) is 0 Å². The summed E-state index contributed by atoms with van der Waals surface area (Å²) in [6.07, 6.45) is 0.123. The molecule has 3 rings (SSSR count). The largest absolute Gasteiger partial charge is 0.460 e. The molecule has 0 saturated heterocycles. The van der Waals surface area contributed by atoms with E-state index in [-0.39, 0.29) is 23.6 Å². The van der Waals surface area contributed by atoms with Gasteiger partial charge in [-0.25, -0.2) is 8.42 Å². The van der Waals surface area contributed by atoms with E-state index in [0.29, 0.717) is 0 Å². The van der Waals surface area contributed by atoms with Crippen molar-refractivity contribution in [2.75, 3.05) is 12.3 Å². The molecule has 0 saturated carbocycles. The first kappa shape index (κ1) is 25.6. The van der Waals surface area contributed by atoms with Gasteiger partial charge in [-0.3, -0.25) is 19.7 Å². The fourth-order valence-electron chi connectivity index (χ4n) is 3.35. The van der Waals surface area contributed by atoms with Crippen molar-refractivity contribution in [1.82, 2.24) is 5.32 Å². The third-order valence-electron chi connectivity index (χ3n) is 5.17. The standard InChI is InChI=1S/C25H24N2O7S/c28-24(34-17-20-9-5-2-6-10-20)16-26-25(29)21(15-19-7-3-1-4-8-19)18-35(32,33)23-13-11-22(12-14-23)27(30)31/h1-14,21H,15-18H2,(H,26,29). The zero-order chi connectivity index (χ0) is 25.3. The van der Waals surface area contributed by atoms with Gasteiger partial charge in [0.25, 0.3) is 5.69 Å². The molecule has 1 unspecified atom stereocenters. The number of rotatable bonds is 11.